The van der Waals surface area contributed by atoms with Crippen LogP contribution in [0.5, 0.6) is 0 Å². The minimum absolute atomic E-state index is 0.249. The molecule has 0 aliphatic carbocycles. The van der Waals surface area contributed by atoms with Crippen molar-refractivity contribution in [2.75, 3.05) is 0 Å². The van der Waals surface area contributed by atoms with Gasteiger partial charge in [0.05, 0.1) is 5.69 Å². The van der Waals surface area contributed by atoms with Crippen LogP contribution < -0.4 is 5.90 Å². The highest BCUT2D eigenvalue weighted by Crippen LogP contribution is 2.23. The molecule has 0 atom stereocenters. The lowest BCUT2D eigenvalue weighted by atomic mass is 10.2. The molecule has 78 valence electrons. The number of aromatic nitrogens is 1. The number of halogens is 1. The van der Waals surface area contributed by atoms with Crippen LogP contribution in [0.1, 0.15) is 5.69 Å². The minimum Gasteiger partial charge on any atom is -0.298 e. The Kier molecular flexibility index (Phi) is 3.05. The summed E-state index contributed by atoms with van der Waals surface area (Å²) in [6.07, 6.45) is 0. The molecule has 1 aromatic carbocycles. The molecular weight excluding hydrogens is 215 g/mol. The monoisotopic (exact) mass is 224 g/mol. The molecule has 0 saturated heterocycles. The van der Waals surface area contributed by atoms with Crippen molar-refractivity contribution < 1.29 is 9.23 Å². The van der Waals surface area contributed by atoms with Crippen molar-refractivity contribution in [2.45, 2.75) is 6.61 Å². The fourth-order valence-corrected chi connectivity index (χ4v) is 1.99. The molecule has 0 unspecified atom stereocenters. The molecule has 0 saturated carbocycles. The smallest absolute Gasteiger partial charge is 0.123 e. The standard InChI is InChI=1S/C10H9FN2OS/c11-8-3-1-7(2-4-8)10-13-9(5-14-12)6-15-10/h1-4,6H,5,12H2. The molecule has 0 fully saturated rings. The highest BCUT2D eigenvalue weighted by atomic mass is 32.1. The summed E-state index contributed by atoms with van der Waals surface area (Å²) in [5.41, 5.74) is 1.67. The van der Waals surface area contributed by atoms with Crippen LogP contribution in [-0.4, -0.2) is 4.98 Å². The fraction of sp³-hybridized carbons (Fsp3) is 0.100. The summed E-state index contributed by atoms with van der Waals surface area (Å²) in [5, 5.41) is 2.70. The van der Waals surface area contributed by atoms with Crippen LogP contribution in [-0.2, 0) is 11.4 Å². The first-order valence-corrected chi connectivity index (χ1v) is 5.19. The van der Waals surface area contributed by atoms with Crippen LogP contribution in [0.15, 0.2) is 29.6 Å². The molecule has 0 spiro atoms. The van der Waals surface area contributed by atoms with Gasteiger partial charge in [0.25, 0.3) is 0 Å². The Morgan fingerprint density at radius 3 is 2.73 bits per heavy atom. The highest BCUT2D eigenvalue weighted by Gasteiger charge is 2.04. The van der Waals surface area contributed by atoms with Gasteiger partial charge >= 0.3 is 0 Å². The van der Waals surface area contributed by atoms with E-state index in [-0.39, 0.29) is 12.4 Å². The van der Waals surface area contributed by atoms with E-state index in [4.69, 9.17) is 5.90 Å². The Balaban J connectivity index is 2.25. The molecule has 1 aromatic heterocycles. The van der Waals surface area contributed by atoms with E-state index in [1.165, 1.54) is 23.5 Å². The summed E-state index contributed by atoms with van der Waals surface area (Å²) in [6, 6.07) is 6.22. The number of nitrogens with zero attached hydrogens (tertiary/aromatic N) is 1. The molecule has 0 aliphatic rings. The van der Waals surface area contributed by atoms with Gasteiger partial charge in [0, 0.05) is 10.9 Å². The summed E-state index contributed by atoms with van der Waals surface area (Å²) < 4.78 is 12.7. The largest absolute Gasteiger partial charge is 0.298 e. The lowest BCUT2D eigenvalue weighted by molar-refractivity contribution is 0.122. The van der Waals surface area contributed by atoms with Crippen LogP contribution in [0, 0.1) is 5.82 Å². The zero-order valence-electron chi connectivity index (χ0n) is 7.81. The van der Waals surface area contributed by atoms with Crippen molar-refractivity contribution in [1.29, 1.82) is 0 Å². The molecule has 0 aliphatic heterocycles. The molecule has 0 amide bonds. The van der Waals surface area contributed by atoms with Gasteiger partial charge in [-0.2, -0.15) is 0 Å². The normalized spacial score (nSPS) is 10.5. The average Bonchev–Trinajstić information content (AvgIpc) is 2.68. The van der Waals surface area contributed by atoms with Crippen molar-refractivity contribution in [3.8, 4) is 10.6 Å². The second-order valence-electron chi connectivity index (χ2n) is 2.96. The predicted molar refractivity (Wildman–Crippen MR) is 56.5 cm³/mol. The minimum atomic E-state index is -0.249. The zero-order valence-corrected chi connectivity index (χ0v) is 8.63. The van der Waals surface area contributed by atoms with Crippen molar-refractivity contribution >= 4 is 11.3 Å². The lowest BCUT2D eigenvalue weighted by Gasteiger charge is -1.95. The van der Waals surface area contributed by atoms with Gasteiger partial charge in [-0.1, -0.05) is 0 Å². The number of nitrogens with two attached hydrogens (primary N) is 1. The molecule has 5 heteroatoms. The Hall–Kier alpha value is -1.30. The number of benzene rings is 1. The van der Waals surface area contributed by atoms with E-state index >= 15 is 0 Å². The second-order valence-corrected chi connectivity index (χ2v) is 3.82. The average molecular weight is 224 g/mol. The maximum atomic E-state index is 12.7. The van der Waals surface area contributed by atoms with E-state index in [1.54, 1.807) is 12.1 Å². The van der Waals surface area contributed by atoms with Gasteiger partial charge in [-0.05, 0) is 24.3 Å². The highest BCUT2D eigenvalue weighted by molar-refractivity contribution is 7.13. The third-order valence-corrected chi connectivity index (χ3v) is 2.81. The Bertz CT molecular complexity index is 441. The molecule has 15 heavy (non-hydrogen) atoms. The second kappa shape index (κ2) is 4.48. The molecule has 2 aromatic rings. The summed E-state index contributed by atoms with van der Waals surface area (Å²) >= 11 is 1.48. The third kappa shape index (κ3) is 2.38. The molecule has 2 N–H and O–H groups in total. The van der Waals surface area contributed by atoms with Crippen LogP contribution in [0.4, 0.5) is 4.39 Å². The topological polar surface area (TPSA) is 48.1 Å². The summed E-state index contributed by atoms with van der Waals surface area (Å²) in [6.45, 7) is 0.289. The Morgan fingerprint density at radius 1 is 1.33 bits per heavy atom. The van der Waals surface area contributed by atoms with Crippen molar-refractivity contribution in [2.24, 2.45) is 5.90 Å². The van der Waals surface area contributed by atoms with Crippen LogP contribution in [0.2, 0.25) is 0 Å². The van der Waals surface area contributed by atoms with E-state index in [0.29, 0.717) is 0 Å². The number of rotatable bonds is 3. The number of hydrogen-bond donors (Lipinski definition) is 1. The van der Waals surface area contributed by atoms with Crippen molar-refractivity contribution in [3.63, 3.8) is 0 Å². The summed E-state index contributed by atoms with van der Waals surface area (Å²) in [7, 11) is 0. The summed E-state index contributed by atoms with van der Waals surface area (Å²) in [5.74, 6) is 4.69. The van der Waals surface area contributed by atoms with Crippen LogP contribution in [0.25, 0.3) is 10.6 Å². The van der Waals surface area contributed by atoms with E-state index in [2.05, 4.69) is 9.82 Å². The van der Waals surface area contributed by atoms with Crippen molar-refractivity contribution in [3.05, 3.63) is 41.2 Å². The van der Waals surface area contributed by atoms with E-state index in [0.717, 1.165) is 16.3 Å². The zero-order chi connectivity index (χ0) is 10.7. The summed E-state index contributed by atoms with van der Waals surface area (Å²) in [4.78, 5) is 8.77. The van der Waals surface area contributed by atoms with Crippen LogP contribution >= 0.6 is 11.3 Å². The third-order valence-electron chi connectivity index (χ3n) is 1.87. The quantitative estimate of drug-likeness (QED) is 0.814. The van der Waals surface area contributed by atoms with Crippen LogP contribution in [0.3, 0.4) is 0 Å². The number of hydrogen-bond acceptors (Lipinski definition) is 4. The maximum Gasteiger partial charge on any atom is 0.123 e. The number of thiazole rings is 1. The Labute approximate surface area is 90.3 Å². The van der Waals surface area contributed by atoms with E-state index in [9.17, 15) is 4.39 Å². The molecule has 0 bridgehead atoms. The lowest BCUT2D eigenvalue weighted by Crippen LogP contribution is -1.98. The van der Waals surface area contributed by atoms with Crippen molar-refractivity contribution in [1.82, 2.24) is 4.98 Å². The molecule has 1 heterocycles. The van der Waals surface area contributed by atoms with Gasteiger partial charge in [-0.15, -0.1) is 11.3 Å². The van der Waals surface area contributed by atoms with E-state index < -0.39 is 0 Å². The fourth-order valence-electron chi connectivity index (χ4n) is 1.18. The first kappa shape index (κ1) is 10.2. The van der Waals surface area contributed by atoms with Gasteiger partial charge in [-0.3, -0.25) is 4.84 Å². The Morgan fingerprint density at radius 2 is 2.07 bits per heavy atom. The maximum absolute atomic E-state index is 12.7. The molecule has 0 radical (unpaired) electrons. The van der Waals surface area contributed by atoms with Gasteiger partial charge in [0.15, 0.2) is 0 Å². The van der Waals surface area contributed by atoms with Gasteiger partial charge in [-0.25, -0.2) is 15.3 Å². The molecule has 3 nitrogen and oxygen atoms in total. The first-order valence-electron chi connectivity index (χ1n) is 4.31. The SMILES string of the molecule is NOCc1csc(-c2ccc(F)cc2)n1. The molecular formula is C10H9FN2OS. The van der Waals surface area contributed by atoms with Gasteiger partial charge < -0.3 is 0 Å². The van der Waals surface area contributed by atoms with Gasteiger partial charge in [0.2, 0.25) is 0 Å². The van der Waals surface area contributed by atoms with E-state index in [1.807, 2.05) is 5.38 Å². The first-order chi connectivity index (χ1) is 7.29. The predicted octanol–water partition coefficient (Wildman–Crippen LogP) is 2.34. The van der Waals surface area contributed by atoms with Gasteiger partial charge in [0.1, 0.15) is 17.4 Å². The molecule has 2 rings (SSSR count).